The van der Waals surface area contributed by atoms with Crippen molar-refractivity contribution in [3.63, 3.8) is 0 Å². The Morgan fingerprint density at radius 2 is 1.76 bits per heavy atom. The third kappa shape index (κ3) is 3.17. The minimum Gasteiger partial charge on any atom is -0.481 e. The number of carbonyl (C=O) groups is 2. The molecule has 0 spiro atoms. The van der Waals surface area contributed by atoms with Gasteiger partial charge in [-0.3, -0.25) is 4.79 Å². The second-order valence-electron chi connectivity index (χ2n) is 6.03. The van der Waals surface area contributed by atoms with Crippen LogP contribution in [0.5, 0.6) is 0 Å². The van der Waals surface area contributed by atoms with Crippen LogP contribution in [0.15, 0.2) is 12.1 Å². The predicted molar refractivity (Wildman–Crippen MR) is 81.5 cm³/mol. The first-order valence-corrected chi connectivity index (χ1v) is 7.16. The fourth-order valence-electron chi connectivity index (χ4n) is 3.02. The molecule has 1 aliphatic rings. The Balaban J connectivity index is 2.11. The van der Waals surface area contributed by atoms with Crippen molar-refractivity contribution in [1.82, 2.24) is 4.90 Å². The van der Waals surface area contributed by atoms with E-state index in [0.29, 0.717) is 6.54 Å². The van der Waals surface area contributed by atoms with E-state index in [-0.39, 0.29) is 18.5 Å². The summed E-state index contributed by atoms with van der Waals surface area (Å²) in [5, 5.41) is 12.1. The van der Waals surface area contributed by atoms with Gasteiger partial charge in [0.1, 0.15) is 0 Å². The summed E-state index contributed by atoms with van der Waals surface area (Å²) in [6.45, 7) is 8.56. The van der Waals surface area contributed by atoms with Gasteiger partial charge in [-0.25, -0.2) is 4.79 Å². The van der Waals surface area contributed by atoms with Crippen LogP contribution in [0.1, 0.15) is 23.6 Å². The number of carbonyl (C=O) groups excluding carboxylic acids is 1. The first-order chi connectivity index (χ1) is 9.79. The minimum absolute atomic E-state index is 0.0199. The van der Waals surface area contributed by atoms with Gasteiger partial charge in [-0.05, 0) is 37.8 Å². The maximum atomic E-state index is 12.3. The lowest BCUT2D eigenvalue weighted by atomic mass is 9.99. The monoisotopic (exact) mass is 290 g/mol. The number of aliphatic carboxylic acids is 1. The molecule has 1 fully saturated rings. The Labute approximate surface area is 125 Å². The molecule has 2 amide bonds. The van der Waals surface area contributed by atoms with Crippen molar-refractivity contribution >= 4 is 17.7 Å². The fraction of sp³-hybridized carbons (Fsp3) is 0.500. The molecule has 0 radical (unpaired) electrons. The van der Waals surface area contributed by atoms with Crippen LogP contribution in [0.2, 0.25) is 0 Å². The Bertz CT molecular complexity index is 560. The minimum atomic E-state index is -0.833. The summed E-state index contributed by atoms with van der Waals surface area (Å²) in [6.07, 6.45) is 0. The zero-order chi connectivity index (χ0) is 15.7. The molecule has 2 atom stereocenters. The van der Waals surface area contributed by atoms with E-state index in [1.807, 2.05) is 39.8 Å². The molecule has 114 valence electrons. The lowest BCUT2D eigenvalue weighted by Gasteiger charge is -2.19. The number of nitrogens with zero attached hydrogens (tertiary/aromatic N) is 1. The molecule has 5 heteroatoms. The molecular formula is C16H22N2O3. The molecule has 1 aliphatic heterocycles. The van der Waals surface area contributed by atoms with Crippen LogP contribution in [0.4, 0.5) is 10.5 Å². The lowest BCUT2D eigenvalue weighted by molar-refractivity contribution is -0.142. The summed E-state index contributed by atoms with van der Waals surface area (Å²) in [6, 6.07) is 3.82. The molecule has 5 nitrogen and oxygen atoms in total. The third-order valence-electron chi connectivity index (χ3n) is 4.13. The van der Waals surface area contributed by atoms with Crippen molar-refractivity contribution in [2.45, 2.75) is 27.7 Å². The summed E-state index contributed by atoms with van der Waals surface area (Å²) in [5.74, 6) is -1.33. The predicted octanol–water partition coefficient (Wildman–Crippen LogP) is 2.80. The first kappa shape index (κ1) is 15.4. The highest BCUT2D eigenvalue weighted by Gasteiger charge is 2.37. The number of hydrogen-bond acceptors (Lipinski definition) is 2. The second-order valence-corrected chi connectivity index (χ2v) is 6.03. The maximum Gasteiger partial charge on any atom is 0.321 e. The van der Waals surface area contributed by atoms with Crippen LogP contribution < -0.4 is 5.32 Å². The Morgan fingerprint density at radius 3 is 2.24 bits per heavy atom. The van der Waals surface area contributed by atoms with Crippen molar-refractivity contribution in [3.05, 3.63) is 28.8 Å². The van der Waals surface area contributed by atoms with Crippen molar-refractivity contribution in [3.8, 4) is 0 Å². The van der Waals surface area contributed by atoms with E-state index in [2.05, 4.69) is 5.32 Å². The SMILES string of the molecule is Cc1cc(C)c(NC(=O)N2CC(C)C(C(=O)O)C2)c(C)c1. The van der Waals surface area contributed by atoms with Gasteiger partial charge in [0.25, 0.3) is 0 Å². The van der Waals surface area contributed by atoms with Crippen LogP contribution in [-0.4, -0.2) is 35.1 Å². The van der Waals surface area contributed by atoms with Crippen LogP contribution in [0, 0.1) is 32.6 Å². The molecule has 0 aromatic heterocycles. The molecule has 0 aliphatic carbocycles. The molecule has 0 bridgehead atoms. The van der Waals surface area contributed by atoms with E-state index < -0.39 is 11.9 Å². The van der Waals surface area contributed by atoms with Gasteiger partial charge in [-0.15, -0.1) is 0 Å². The van der Waals surface area contributed by atoms with Crippen molar-refractivity contribution in [2.24, 2.45) is 11.8 Å². The van der Waals surface area contributed by atoms with Crippen LogP contribution in [0.25, 0.3) is 0 Å². The van der Waals surface area contributed by atoms with Gasteiger partial charge in [0.15, 0.2) is 0 Å². The van der Waals surface area contributed by atoms with Gasteiger partial charge in [0.2, 0.25) is 0 Å². The highest BCUT2D eigenvalue weighted by molar-refractivity contribution is 5.91. The summed E-state index contributed by atoms with van der Waals surface area (Å²) < 4.78 is 0. The molecule has 0 saturated carbocycles. The number of hydrogen-bond donors (Lipinski definition) is 2. The van der Waals surface area contributed by atoms with E-state index in [9.17, 15) is 9.59 Å². The van der Waals surface area contributed by atoms with Crippen molar-refractivity contribution in [2.75, 3.05) is 18.4 Å². The number of amides is 2. The van der Waals surface area contributed by atoms with Crippen molar-refractivity contribution in [1.29, 1.82) is 0 Å². The van der Waals surface area contributed by atoms with E-state index in [4.69, 9.17) is 5.11 Å². The fourth-order valence-corrected chi connectivity index (χ4v) is 3.02. The number of urea groups is 1. The number of nitrogens with one attached hydrogen (secondary N) is 1. The number of rotatable bonds is 2. The maximum absolute atomic E-state index is 12.3. The number of carboxylic acids is 1. The summed E-state index contributed by atoms with van der Waals surface area (Å²) in [4.78, 5) is 25.1. The molecule has 2 N–H and O–H groups in total. The quantitative estimate of drug-likeness (QED) is 0.880. The smallest absolute Gasteiger partial charge is 0.321 e. The van der Waals surface area contributed by atoms with E-state index in [1.54, 1.807) is 4.90 Å². The standard InChI is InChI=1S/C16H22N2O3/c1-9-5-10(2)14(11(3)6-9)17-16(21)18-7-12(4)13(8-18)15(19)20/h5-6,12-13H,7-8H2,1-4H3,(H,17,21)(H,19,20). The normalized spacial score (nSPS) is 21.4. The van der Waals surface area contributed by atoms with Gasteiger partial charge in [0.05, 0.1) is 5.92 Å². The Morgan fingerprint density at radius 1 is 1.19 bits per heavy atom. The number of likely N-dealkylation sites (tertiary alicyclic amines) is 1. The van der Waals surface area contributed by atoms with Gasteiger partial charge in [-0.2, -0.15) is 0 Å². The van der Waals surface area contributed by atoms with Crippen molar-refractivity contribution < 1.29 is 14.7 Å². The van der Waals surface area contributed by atoms with Gasteiger partial charge in [-0.1, -0.05) is 24.6 Å². The molecule has 1 aromatic rings. The number of benzene rings is 1. The largest absolute Gasteiger partial charge is 0.481 e. The average molecular weight is 290 g/mol. The topological polar surface area (TPSA) is 69.6 Å². The molecule has 2 unspecified atom stereocenters. The summed E-state index contributed by atoms with van der Waals surface area (Å²) >= 11 is 0. The molecular weight excluding hydrogens is 268 g/mol. The summed E-state index contributed by atoms with van der Waals surface area (Å²) in [7, 11) is 0. The number of anilines is 1. The van der Waals surface area contributed by atoms with Crippen LogP contribution in [0.3, 0.4) is 0 Å². The van der Waals surface area contributed by atoms with E-state index in [0.717, 1.165) is 22.4 Å². The third-order valence-corrected chi connectivity index (χ3v) is 4.13. The van der Waals surface area contributed by atoms with Crippen LogP contribution >= 0.6 is 0 Å². The molecule has 1 saturated heterocycles. The molecule has 2 rings (SSSR count). The number of carboxylic acid groups (broad SMARTS) is 1. The second kappa shape index (κ2) is 5.76. The Hall–Kier alpha value is -2.04. The van der Waals surface area contributed by atoms with E-state index in [1.165, 1.54) is 0 Å². The zero-order valence-corrected chi connectivity index (χ0v) is 12.9. The molecule has 21 heavy (non-hydrogen) atoms. The Kier molecular flexibility index (Phi) is 4.21. The zero-order valence-electron chi connectivity index (χ0n) is 12.9. The number of aryl methyl sites for hydroxylation is 3. The van der Waals surface area contributed by atoms with E-state index >= 15 is 0 Å². The average Bonchev–Trinajstić information content (AvgIpc) is 2.75. The van der Waals surface area contributed by atoms with Gasteiger partial charge in [0, 0.05) is 18.8 Å². The highest BCUT2D eigenvalue weighted by atomic mass is 16.4. The van der Waals surface area contributed by atoms with Crippen LogP contribution in [-0.2, 0) is 4.79 Å². The first-order valence-electron chi connectivity index (χ1n) is 7.16. The summed E-state index contributed by atoms with van der Waals surface area (Å²) in [5.41, 5.74) is 4.01. The lowest BCUT2D eigenvalue weighted by Crippen LogP contribution is -2.34. The highest BCUT2D eigenvalue weighted by Crippen LogP contribution is 2.26. The molecule has 1 aromatic carbocycles. The van der Waals surface area contributed by atoms with Gasteiger partial charge < -0.3 is 15.3 Å². The van der Waals surface area contributed by atoms with Gasteiger partial charge >= 0.3 is 12.0 Å². The molecule has 1 heterocycles.